The van der Waals surface area contributed by atoms with Crippen LogP contribution < -0.4 is 13.9 Å². The molecule has 11 heteroatoms. The highest BCUT2D eigenvalue weighted by Gasteiger charge is 2.33. The Morgan fingerprint density at radius 1 is 1.19 bits per heavy atom. The van der Waals surface area contributed by atoms with E-state index >= 15 is 0 Å². The lowest BCUT2D eigenvalue weighted by Gasteiger charge is -2.30. The second-order valence-corrected chi connectivity index (χ2v) is 9.22. The van der Waals surface area contributed by atoms with Crippen LogP contribution in [0.3, 0.4) is 0 Å². The normalized spacial score (nSPS) is 13.6. The number of aromatic nitrogens is 2. The first-order valence-electron chi connectivity index (χ1n) is 10.0. The van der Waals surface area contributed by atoms with Crippen molar-refractivity contribution in [2.75, 3.05) is 22.4 Å². The molecule has 0 radical (unpaired) electrons. The van der Waals surface area contributed by atoms with E-state index in [0.717, 1.165) is 0 Å². The Balaban J connectivity index is 1.72. The van der Waals surface area contributed by atoms with E-state index in [1.165, 1.54) is 21.3 Å². The number of hydrogen-bond acceptors (Lipinski definition) is 7. The van der Waals surface area contributed by atoms with Gasteiger partial charge in [-0.3, -0.25) is 14.0 Å². The summed E-state index contributed by atoms with van der Waals surface area (Å²) >= 11 is 6.43. The lowest BCUT2D eigenvalue weighted by atomic mass is 10.2. The maximum atomic E-state index is 13.4. The van der Waals surface area contributed by atoms with Gasteiger partial charge in [-0.15, -0.1) is 0 Å². The topological polar surface area (TPSA) is 106 Å². The maximum absolute atomic E-state index is 13.4. The highest BCUT2D eigenvalue weighted by Crippen LogP contribution is 2.40. The van der Waals surface area contributed by atoms with Crippen LogP contribution in [0.25, 0.3) is 0 Å². The van der Waals surface area contributed by atoms with Crippen LogP contribution in [0.15, 0.2) is 51.9 Å². The number of hydrogen-bond donors (Lipinski definition) is 0. The van der Waals surface area contributed by atoms with Gasteiger partial charge in [-0.25, -0.2) is 8.42 Å². The van der Waals surface area contributed by atoms with Crippen LogP contribution in [-0.4, -0.2) is 37.6 Å². The number of para-hydroxylation sites is 1. The zero-order valence-corrected chi connectivity index (χ0v) is 19.1. The molecule has 0 saturated heterocycles. The summed E-state index contributed by atoms with van der Waals surface area (Å²) in [6.07, 6.45) is 0.572. The summed E-state index contributed by atoms with van der Waals surface area (Å²) in [5, 5.41) is 3.85. The van der Waals surface area contributed by atoms with Crippen molar-refractivity contribution in [1.29, 1.82) is 0 Å². The lowest BCUT2D eigenvalue weighted by Crippen LogP contribution is -2.39. The molecule has 32 heavy (non-hydrogen) atoms. The van der Waals surface area contributed by atoms with Gasteiger partial charge in [0.05, 0.1) is 22.9 Å². The smallest absolute Gasteiger partial charge is 0.265 e. The number of halogens is 1. The summed E-state index contributed by atoms with van der Waals surface area (Å²) in [7, 11) is -3.98. The molecule has 168 valence electrons. The number of aryl methyl sites for hydroxylation is 1. The zero-order chi connectivity index (χ0) is 22.9. The predicted molar refractivity (Wildman–Crippen MR) is 118 cm³/mol. The largest absolute Gasteiger partial charge is 0.482 e. The van der Waals surface area contributed by atoms with Crippen LogP contribution in [0.2, 0.25) is 5.02 Å². The van der Waals surface area contributed by atoms with Crippen molar-refractivity contribution in [3.05, 3.63) is 59.2 Å². The number of sulfonamides is 1. The fraction of sp³-hybridized carbons (Fsp3) is 0.286. The van der Waals surface area contributed by atoms with Gasteiger partial charge < -0.3 is 9.26 Å². The third kappa shape index (κ3) is 4.03. The first-order valence-corrected chi connectivity index (χ1v) is 11.8. The standard InChI is InChI=1S/C21H21ClN4O5S/c1-3-20-23-19(24-31-20)12-25-16-10-15(22)18(11-17(16)30-13-21(25)27)32(28,29)26(4-2)14-8-6-5-7-9-14/h5-11H,3-4,12-13H2,1-2H3. The van der Waals surface area contributed by atoms with E-state index in [-0.39, 0.29) is 41.3 Å². The highest BCUT2D eigenvalue weighted by atomic mass is 35.5. The van der Waals surface area contributed by atoms with Gasteiger partial charge >= 0.3 is 0 Å². The summed E-state index contributed by atoms with van der Waals surface area (Å²) in [5.41, 5.74) is 0.862. The van der Waals surface area contributed by atoms with E-state index in [0.29, 0.717) is 29.5 Å². The Morgan fingerprint density at radius 3 is 2.59 bits per heavy atom. The SMILES string of the molecule is CCc1nc(CN2C(=O)COc3cc(S(=O)(=O)N(CC)c4ccccc4)c(Cl)cc32)no1. The Bertz CT molecular complexity index is 1250. The number of carbonyl (C=O) groups excluding carboxylic acids is 1. The Hall–Kier alpha value is -3.11. The van der Waals surface area contributed by atoms with Crippen LogP contribution in [0.4, 0.5) is 11.4 Å². The number of fused-ring (bicyclic) bond motifs is 1. The number of nitrogens with zero attached hydrogens (tertiary/aromatic N) is 4. The zero-order valence-electron chi connectivity index (χ0n) is 17.5. The predicted octanol–water partition coefficient (Wildman–Crippen LogP) is 3.43. The maximum Gasteiger partial charge on any atom is 0.265 e. The monoisotopic (exact) mass is 476 g/mol. The van der Waals surface area contributed by atoms with Crippen molar-refractivity contribution in [2.45, 2.75) is 31.7 Å². The third-order valence-corrected chi connectivity index (χ3v) is 7.34. The lowest BCUT2D eigenvalue weighted by molar-refractivity contribution is -0.121. The number of anilines is 2. The summed E-state index contributed by atoms with van der Waals surface area (Å²) in [5.74, 6) is 0.695. The number of rotatable bonds is 7. The molecule has 0 N–H and O–H groups in total. The number of amides is 1. The molecule has 4 rings (SSSR count). The summed E-state index contributed by atoms with van der Waals surface area (Å²) in [6, 6.07) is 11.5. The van der Waals surface area contributed by atoms with Crippen molar-refractivity contribution in [1.82, 2.24) is 10.1 Å². The molecule has 0 spiro atoms. The molecular weight excluding hydrogens is 456 g/mol. The molecule has 1 aliphatic rings. The first kappa shape index (κ1) is 22.1. The summed E-state index contributed by atoms with van der Waals surface area (Å²) in [4.78, 5) is 18.0. The quantitative estimate of drug-likeness (QED) is 0.514. The number of benzene rings is 2. The van der Waals surface area contributed by atoms with Crippen LogP contribution in [0, 0.1) is 0 Å². The van der Waals surface area contributed by atoms with E-state index in [1.807, 2.05) is 13.0 Å². The molecule has 0 bridgehead atoms. The Labute approximate surface area is 190 Å². The second kappa shape index (κ2) is 8.79. The molecular formula is C21H21ClN4O5S. The Kier molecular flexibility index (Phi) is 6.07. The fourth-order valence-corrected chi connectivity index (χ4v) is 5.41. The molecule has 1 aromatic heterocycles. The number of carbonyl (C=O) groups is 1. The van der Waals surface area contributed by atoms with Gasteiger partial charge in [-0.2, -0.15) is 4.98 Å². The van der Waals surface area contributed by atoms with E-state index < -0.39 is 10.0 Å². The van der Waals surface area contributed by atoms with Crippen LogP contribution in [0.5, 0.6) is 5.75 Å². The van der Waals surface area contributed by atoms with Gasteiger partial charge in [-0.05, 0) is 25.1 Å². The second-order valence-electron chi connectivity index (χ2n) is 6.98. The minimum Gasteiger partial charge on any atom is -0.482 e. The third-order valence-electron chi connectivity index (χ3n) is 4.97. The van der Waals surface area contributed by atoms with Crippen molar-refractivity contribution in [2.24, 2.45) is 0 Å². The molecule has 1 amide bonds. The van der Waals surface area contributed by atoms with E-state index in [4.69, 9.17) is 20.9 Å². The molecule has 3 aromatic rings. The Morgan fingerprint density at radius 2 is 1.94 bits per heavy atom. The minimum atomic E-state index is -3.98. The molecule has 0 atom stereocenters. The summed E-state index contributed by atoms with van der Waals surface area (Å²) < 4.78 is 38.7. The molecule has 0 saturated carbocycles. The van der Waals surface area contributed by atoms with Crippen molar-refractivity contribution in [3.63, 3.8) is 0 Å². The average Bonchev–Trinajstić information content (AvgIpc) is 3.24. The fourth-order valence-electron chi connectivity index (χ4n) is 3.42. The minimum absolute atomic E-state index is 0.0243. The number of ether oxygens (including phenoxy) is 1. The van der Waals surface area contributed by atoms with Crippen molar-refractivity contribution < 1.29 is 22.5 Å². The molecule has 1 aliphatic heterocycles. The summed E-state index contributed by atoms with van der Waals surface area (Å²) in [6.45, 7) is 3.63. The van der Waals surface area contributed by atoms with Gasteiger partial charge in [0.1, 0.15) is 10.6 Å². The van der Waals surface area contributed by atoms with Gasteiger partial charge in [0.15, 0.2) is 12.4 Å². The van der Waals surface area contributed by atoms with Crippen LogP contribution >= 0.6 is 11.6 Å². The molecule has 2 heterocycles. The molecule has 0 aliphatic carbocycles. The first-order chi connectivity index (χ1) is 15.3. The van der Waals surface area contributed by atoms with Crippen LogP contribution in [0.1, 0.15) is 25.6 Å². The molecule has 9 nitrogen and oxygen atoms in total. The van der Waals surface area contributed by atoms with Crippen molar-refractivity contribution >= 4 is 38.9 Å². The molecule has 0 unspecified atom stereocenters. The average molecular weight is 477 g/mol. The van der Waals surface area contributed by atoms with E-state index in [1.54, 1.807) is 31.2 Å². The van der Waals surface area contributed by atoms with Gasteiger partial charge in [0.2, 0.25) is 5.89 Å². The van der Waals surface area contributed by atoms with E-state index in [2.05, 4.69) is 10.1 Å². The van der Waals surface area contributed by atoms with Gasteiger partial charge in [0, 0.05) is 19.0 Å². The van der Waals surface area contributed by atoms with E-state index in [9.17, 15) is 13.2 Å². The molecule has 2 aromatic carbocycles. The molecule has 0 fully saturated rings. The van der Waals surface area contributed by atoms with Gasteiger partial charge in [-0.1, -0.05) is 41.9 Å². The highest BCUT2D eigenvalue weighted by molar-refractivity contribution is 7.93. The van der Waals surface area contributed by atoms with Crippen LogP contribution in [-0.2, 0) is 27.8 Å². The van der Waals surface area contributed by atoms with Crippen molar-refractivity contribution in [3.8, 4) is 5.75 Å². The van der Waals surface area contributed by atoms with Gasteiger partial charge in [0.25, 0.3) is 15.9 Å².